The lowest BCUT2D eigenvalue weighted by molar-refractivity contribution is -0.124. The molecule has 0 bridgehead atoms. The van der Waals surface area contributed by atoms with Crippen molar-refractivity contribution in [1.82, 2.24) is 20.4 Å². The van der Waals surface area contributed by atoms with Crippen LogP contribution in [0.25, 0.3) is 22.8 Å². The molecule has 0 aliphatic carbocycles. The Bertz CT molecular complexity index is 1170. The molecular formula is C27H36N4O5. The first-order chi connectivity index (χ1) is 17.3. The number of carbonyl (C=O) groups is 1. The van der Waals surface area contributed by atoms with Gasteiger partial charge in [0.1, 0.15) is 25.1 Å². The zero-order valence-corrected chi connectivity index (χ0v) is 21.7. The molecule has 0 aliphatic rings. The van der Waals surface area contributed by atoms with E-state index in [1.165, 1.54) is 0 Å². The number of aromatic nitrogens is 3. The molecule has 3 rings (SSSR count). The Morgan fingerprint density at radius 2 is 1.83 bits per heavy atom. The van der Waals surface area contributed by atoms with Crippen molar-refractivity contribution in [2.45, 2.75) is 65.9 Å². The first kappa shape index (κ1) is 27.3. The van der Waals surface area contributed by atoms with Gasteiger partial charge in [0.15, 0.2) is 0 Å². The molecule has 1 aromatic carbocycles. The van der Waals surface area contributed by atoms with E-state index in [1.54, 1.807) is 0 Å². The van der Waals surface area contributed by atoms with Crippen molar-refractivity contribution in [2.24, 2.45) is 0 Å². The molecule has 0 unspecified atom stereocenters. The van der Waals surface area contributed by atoms with Crippen LogP contribution in [0.15, 0.2) is 28.8 Å². The van der Waals surface area contributed by atoms with Crippen LogP contribution in [-0.2, 0) is 11.2 Å². The van der Waals surface area contributed by atoms with E-state index in [4.69, 9.17) is 19.4 Å². The molecule has 36 heavy (non-hydrogen) atoms. The SMILES string of the molecule is CCc1cc(-c2noc(-c3cc(C)nc(C(CC)CC)c3)n2)cc(C)c1OC[C@@H](O)CNC(=O)CO. The van der Waals surface area contributed by atoms with E-state index >= 15 is 0 Å². The average molecular weight is 497 g/mol. The number of hydrogen-bond donors (Lipinski definition) is 3. The summed E-state index contributed by atoms with van der Waals surface area (Å²) in [5.41, 5.74) is 5.44. The highest BCUT2D eigenvalue weighted by Gasteiger charge is 2.18. The predicted octanol–water partition coefficient (Wildman–Crippen LogP) is 3.73. The number of pyridine rings is 1. The zero-order chi connectivity index (χ0) is 26.2. The largest absolute Gasteiger partial charge is 0.490 e. The van der Waals surface area contributed by atoms with Crippen LogP contribution < -0.4 is 10.1 Å². The fourth-order valence-electron chi connectivity index (χ4n) is 4.16. The van der Waals surface area contributed by atoms with Gasteiger partial charge in [0.05, 0.1) is 0 Å². The van der Waals surface area contributed by atoms with Crippen molar-refractivity contribution >= 4 is 5.91 Å². The molecule has 1 atom stereocenters. The quantitative estimate of drug-likeness (QED) is 0.346. The maximum absolute atomic E-state index is 11.2. The molecule has 0 spiro atoms. The smallest absolute Gasteiger partial charge is 0.258 e. The summed E-state index contributed by atoms with van der Waals surface area (Å²) in [5, 5.41) is 25.5. The average Bonchev–Trinajstić information content (AvgIpc) is 3.37. The number of rotatable bonds is 12. The second-order valence-corrected chi connectivity index (χ2v) is 8.92. The summed E-state index contributed by atoms with van der Waals surface area (Å²) in [4.78, 5) is 20.5. The van der Waals surface area contributed by atoms with Crippen LogP contribution in [0.1, 0.15) is 62.0 Å². The Morgan fingerprint density at radius 3 is 2.50 bits per heavy atom. The van der Waals surface area contributed by atoms with Gasteiger partial charge in [-0.25, -0.2) is 0 Å². The summed E-state index contributed by atoms with van der Waals surface area (Å²) in [6.07, 6.45) is 1.83. The van der Waals surface area contributed by atoms with E-state index in [1.807, 2.05) is 45.0 Å². The van der Waals surface area contributed by atoms with Gasteiger partial charge in [-0.1, -0.05) is 25.9 Å². The normalized spacial score (nSPS) is 12.1. The number of nitrogens with zero attached hydrogens (tertiary/aromatic N) is 3. The second-order valence-electron chi connectivity index (χ2n) is 8.92. The summed E-state index contributed by atoms with van der Waals surface area (Å²) in [5.74, 6) is 1.46. The van der Waals surface area contributed by atoms with Gasteiger partial charge in [-0.2, -0.15) is 4.98 Å². The fourth-order valence-corrected chi connectivity index (χ4v) is 4.16. The maximum Gasteiger partial charge on any atom is 0.258 e. The topological polar surface area (TPSA) is 131 Å². The minimum Gasteiger partial charge on any atom is -0.490 e. The van der Waals surface area contributed by atoms with E-state index < -0.39 is 18.6 Å². The lowest BCUT2D eigenvalue weighted by atomic mass is 9.97. The van der Waals surface area contributed by atoms with Gasteiger partial charge in [0.2, 0.25) is 11.7 Å². The zero-order valence-electron chi connectivity index (χ0n) is 21.7. The van der Waals surface area contributed by atoms with Gasteiger partial charge in [0.25, 0.3) is 5.89 Å². The first-order valence-corrected chi connectivity index (χ1v) is 12.4. The van der Waals surface area contributed by atoms with Crippen molar-refractivity contribution in [3.63, 3.8) is 0 Å². The third-order valence-electron chi connectivity index (χ3n) is 6.14. The maximum atomic E-state index is 11.2. The van der Waals surface area contributed by atoms with Crippen LogP contribution in [0.5, 0.6) is 5.75 Å². The Morgan fingerprint density at radius 1 is 1.08 bits per heavy atom. The Balaban J connectivity index is 1.81. The molecule has 1 amide bonds. The molecule has 9 heteroatoms. The minimum atomic E-state index is -0.905. The number of aliphatic hydroxyl groups excluding tert-OH is 2. The Kier molecular flexibility index (Phi) is 9.55. The molecule has 3 N–H and O–H groups in total. The lowest BCUT2D eigenvalue weighted by Crippen LogP contribution is -2.36. The van der Waals surface area contributed by atoms with Gasteiger partial charge in [-0.05, 0) is 68.5 Å². The third kappa shape index (κ3) is 6.67. The van der Waals surface area contributed by atoms with E-state index in [2.05, 4.69) is 29.3 Å². The summed E-state index contributed by atoms with van der Waals surface area (Å²) in [6.45, 7) is 9.63. The third-order valence-corrected chi connectivity index (χ3v) is 6.14. The Labute approximate surface area is 211 Å². The highest BCUT2D eigenvalue weighted by atomic mass is 16.5. The summed E-state index contributed by atoms with van der Waals surface area (Å²) in [6, 6.07) is 7.88. The number of ether oxygens (including phenoxy) is 1. The summed E-state index contributed by atoms with van der Waals surface area (Å²) < 4.78 is 11.5. The van der Waals surface area contributed by atoms with E-state index in [0.29, 0.717) is 29.8 Å². The molecule has 0 saturated heterocycles. The van der Waals surface area contributed by atoms with Crippen LogP contribution in [0, 0.1) is 13.8 Å². The summed E-state index contributed by atoms with van der Waals surface area (Å²) >= 11 is 0. The van der Waals surface area contributed by atoms with Crippen LogP contribution in [0.4, 0.5) is 0 Å². The molecule has 3 aromatic rings. The first-order valence-electron chi connectivity index (χ1n) is 12.4. The van der Waals surface area contributed by atoms with Gasteiger partial charge in [-0.15, -0.1) is 0 Å². The van der Waals surface area contributed by atoms with Gasteiger partial charge >= 0.3 is 0 Å². The number of benzene rings is 1. The molecule has 0 saturated carbocycles. The molecule has 2 heterocycles. The molecule has 9 nitrogen and oxygen atoms in total. The van der Waals surface area contributed by atoms with Gasteiger partial charge in [-0.3, -0.25) is 9.78 Å². The number of nitrogens with one attached hydrogen (secondary N) is 1. The van der Waals surface area contributed by atoms with Gasteiger partial charge in [0, 0.05) is 35.0 Å². The van der Waals surface area contributed by atoms with Crippen molar-refractivity contribution in [3.05, 3.63) is 46.8 Å². The lowest BCUT2D eigenvalue weighted by Gasteiger charge is -2.17. The molecule has 0 radical (unpaired) electrons. The highest BCUT2D eigenvalue weighted by Crippen LogP contribution is 2.32. The van der Waals surface area contributed by atoms with Crippen LogP contribution in [0.3, 0.4) is 0 Å². The van der Waals surface area contributed by atoms with Crippen LogP contribution >= 0.6 is 0 Å². The molecule has 194 valence electrons. The summed E-state index contributed by atoms with van der Waals surface area (Å²) in [7, 11) is 0. The number of hydrogen-bond acceptors (Lipinski definition) is 8. The van der Waals surface area contributed by atoms with Crippen molar-refractivity contribution in [2.75, 3.05) is 19.8 Å². The van der Waals surface area contributed by atoms with Crippen molar-refractivity contribution in [3.8, 4) is 28.6 Å². The van der Waals surface area contributed by atoms with Crippen molar-refractivity contribution in [1.29, 1.82) is 0 Å². The molecular weight excluding hydrogens is 460 g/mol. The number of amides is 1. The minimum absolute atomic E-state index is 0.00290. The van der Waals surface area contributed by atoms with E-state index in [9.17, 15) is 9.90 Å². The van der Waals surface area contributed by atoms with Gasteiger partial charge < -0.3 is 24.8 Å². The second kappa shape index (κ2) is 12.6. The molecule has 0 fully saturated rings. The number of aliphatic hydroxyl groups is 2. The molecule has 0 aliphatic heterocycles. The number of aryl methyl sites for hydroxylation is 3. The fraction of sp³-hybridized carbons (Fsp3) is 0.481. The number of carbonyl (C=O) groups excluding carboxylic acids is 1. The van der Waals surface area contributed by atoms with E-state index in [-0.39, 0.29) is 13.2 Å². The standard InChI is InChI=1S/C27H36N4O5/c1-6-18(7-2)23-12-21(10-17(5)29-23)27-30-26(31-36-27)20-9-16(4)25(19(8-3)11-20)35-15-22(33)13-28-24(34)14-32/h9-12,18,22,32-33H,6-8,13-15H2,1-5H3,(H,28,34)/t22-/m0/s1. The van der Waals surface area contributed by atoms with Crippen LogP contribution in [-0.4, -0.2) is 57.1 Å². The monoisotopic (exact) mass is 496 g/mol. The van der Waals surface area contributed by atoms with E-state index in [0.717, 1.165) is 46.5 Å². The molecule has 2 aromatic heterocycles. The Hall–Kier alpha value is -3.30. The van der Waals surface area contributed by atoms with Crippen LogP contribution in [0.2, 0.25) is 0 Å². The predicted molar refractivity (Wildman–Crippen MR) is 137 cm³/mol. The van der Waals surface area contributed by atoms with Crippen molar-refractivity contribution < 1.29 is 24.3 Å². The highest BCUT2D eigenvalue weighted by molar-refractivity contribution is 5.76.